The number of amides is 2. The van der Waals surface area contributed by atoms with Crippen molar-refractivity contribution in [2.24, 2.45) is 0 Å². The summed E-state index contributed by atoms with van der Waals surface area (Å²) in [7, 11) is 0. The van der Waals surface area contributed by atoms with Crippen LogP contribution >= 0.6 is 0 Å². The molecule has 3 aromatic rings. The number of aromatic nitrogens is 2. The Morgan fingerprint density at radius 1 is 1.09 bits per heavy atom. The predicted molar refractivity (Wildman–Crippen MR) is 116 cm³/mol. The molecule has 0 saturated heterocycles. The van der Waals surface area contributed by atoms with Gasteiger partial charge in [0.15, 0.2) is 5.82 Å². The first-order valence-electron chi connectivity index (χ1n) is 10.1. The number of hydrogen-bond donors (Lipinski definition) is 4. The van der Waals surface area contributed by atoms with E-state index in [0.717, 1.165) is 22.3 Å². The van der Waals surface area contributed by atoms with E-state index in [0.29, 0.717) is 0 Å². The number of benzene rings is 2. The lowest BCUT2D eigenvalue weighted by Crippen LogP contribution is -2.34. The van der Waals surface area contributed by atoms with Crippen molar-refractivity contribution < 1.29 is 24.2 Å². The van der Waals surface area contributed by atoms with Gasteiger partial charge in [0.2, 0.25) is 0 Å². The maximum absolute atomic E-state index is 12.3. The number of nitrogens with one attached hydrogen (secondary N) is 3. The Hall–Kier alpha value is -4.14. The summed E-state index contributed by atoms with van der Waals surface area (Å²) in [5.41, 5.74) is 4.58. The molecule has 9 heteroatoms. The summed E-state index contributed by atoms with van der Waals surface area (Å²) in [6.07, 6.45) is -0.894. The van der Waals surface area contributed by atoms with Gasteiger partial charge >= 0.3 is 12.1 Å². The van der Waals surface area contributed by atoms with E-state index in [-0.39, 0.29) is 30.5 Å². The maximum atomic E-state index is 12.3. The van der Waals surface area contributed by atoms with Crippen LogP contribution < -0.4 is 10.6 Å². The molecule has 32 heavy (non-hydrogen) atoms. The number of aliphatic carboxylic acids is 1. The van der Waals surface area contributed by atoms with Gasteiger partial charge in [-0.2, -0.15) is 5.10 Å². The lowest BCUT2D eigenvalue weighted by atomic mass is 9.98. The largest absolute Gasteiger partial charge is 0.481 e. The van der Waals surface area contributed by atoms with Crippen molar-refractivity contribution in [3.8, 4) is 11.1 Å². The van der Waals surface area contributed by atoms with Gasteiger partial charge in [0.25, 0.3) is 5.91 Å². The number of ether oxygens (including phenoxy) is 1. The van der Waals surface area contributed by atoms with E-state index >= 15 is 0 Å². The van der Waals surface area contributed by atoms with Gasteiger partial charge in [-0.15, -0.1) is 0 Å². The smallest absolute Gasteiger partial charge is 0.412 e. The lowest BCUT2D eigenvalue weighted by molar-refractivity contribution is -0.137. The first-order chi connectivity index (χ1) is 15.4. The van der Waals surface area contributed by atoms with Crippen molar-refractivity contribution in [3.63, 3.8) is 0 Å². The first kappa shape index (κ1) is 21.1. The molecule has 4 N–H and O–H groups in total. The summed E-state index contributed by atoms with van der Waals surface area (Å²) in [6, 6.07) is 16.9. The van der Waals surface area contributed by atoms with Crippen molar-refractivity contribution in [3.05, 3.63) is 71.4 Å². The number of rotatable bonds is 7. The third-order valence-corrected chi connectivity index (χ3v) is 5.25. The molecule has 1 aliphatic rings. The Kier molecular flexibility index (Phi) is 5.89. The molecule has 0 spiro atoms. The number of carboxylic acids is 1. The minimum atomic E-state index is -1.01. The van der Waals surface area contributed by atoms with Gasteiger partial charge < -0.3 is 15.2 Å². The molecule has 0 radical (unpaired) electrons. The minimum absolute atomic E-state index is 0.0654. The minimum Gasteiger partial charge on any atom is -0.481 e. The topological polar surface area (TPSA) is 133 Å². The summed E-state index contributed by atoms with van der Waals surface area (Å²) < 4.78 is 5.45. The van der Waals surface area contributed by atoms with Crippen molar-refractivity contribution >= 4 is 23.8 Å². The second-order valence-corrected chi connectivity index (χ2v) is 7.59. The van der Waals surface area contributed by atoms with E-state index in [1.807, 2.05) is 36.4 Å². The van der Waals surface area contributed by atoms with Crippen LogP contribution in [0.5, 0.6) is 0 Å². The highest BCUT2D eigenvalue weighted by Gasteiger charge is 2.29. The number of carbonyl (C=O) groups is 3. The predicted octanol–water partition coefficient (Wildman–Crippen LogP) is 3.36. The molecule has 0 saturated carbocycles. The molecular weight excluding hydrogens is 412 g/mol. The van der Waals surface area contributed by atoms with Crippen molar-refractivity contribution in [2.75, 3.05) is 11.9 Å². The number of anilines is 1. The maximum Gasteiger partial charge on any atom is 0.412 e. The van der Waals surface area contributed by atoms with Gasteiger partial charge in [-0.05, 0) is 29.2 Å². The zero-order valence-electron chi connectivity index (χ0n) is 17.3. The number of hydrogen-bond acceptors (Lipinski definition) is 5. The van der Waals surface area contributed by atoms with Crippen molar-refractivity contribution in [1.82, 2.24) is 15.5 Å². The fourth-order valence-corrected chi connectivity index (χ4v) is 3.86. The summed E-state index contributed by atoms with van der Waals surface area (Å²) in [5, 5.41) is 20.2. The number of fused-ring (bicyclic) bond motifs is 3. The zero-order chi connectivity index (χ0) is 22.7. The fourth-order valence-electron chi connectivity index (χ4n) is 3.86. The summed E-state index contributed by atoms with van der Waals surface area (Å²) in [5.74, 6) is -1.48. The monoisotopic (exact) mass is 434 g/mol. The Bertz CT molecular complexity index is 1130. The molecule has 1 heterocycles. The van der Waals surface area contributed by atoms with Crippen molar-refractivity contribution in [2.45, 2.75) is 25.3 Å². The second kappa shape index (κ2) is 8.93. The number of carbonyl (C=O) groups excluding carboxylic acids is 2. The number of nitrogens with zero attached hydrogens (tertiary/aromatic N) is 1. The van der Waals surface area contributed by atoms with Crippen LogP contribution in [-0.4, -0.2) is 45.9 Å². The Morgan fingerprint density at radius 2 is 1.72 bits per heavy atom. The van der Waals surface area contributed by atoms with Gasteiger partial charge in [-0.3, -0.25) is 20.0 Å². The molecule has 1 atom stereocenters. The van der Waals surface area contributed by atoms with E-state index in [1.165, 1.54) is 6.07 Å². The number of H-pyrrole nitrogens is 1. The molecular formula is C23H22N4O5. The number of aromatic amines is 1. The Labute approximate surface area is 183 Å². The molecule has 2 amide bonds. The molecule has 1 aliphatic carbocycles. The third kappa shape index (κ3) is 4.46. The molecule has 0 aliphatic heterocycles. The van der Waals surface area contributed by atoms with Crippen LogP contribution in [0.1, 0.15) is 40.9 Å². The lowest BCUT2D eigenvalue weighted by Gasteiger charge is -2.14. The van der Waals surface area contributed by atoms with E-state index in [9.17, 15) is 14.4 Å². The van der Waals surface area contributed by atoms with Gasteiger partial charge in [0.05, 0.1) is 6.42 Å². The highest BCUT2D eigenvalue weighted by atomic mass is 16.5. The van der Waals surface area contributed by atoms with Gasteiger partial charge in [-0.1, -0.05) is 48.5 Å². The van der Waals surface area contributed by atoms with Crippen LogP contribution in [0, 0.1) is 0 Å². The van der Waals surface area contributed by atoms with Crippen LogP contribution in [0.15, 0.2) is 54.6 Å². The van der Waals surface area contributed by atoms with Crippen LogP contribution in [0.4, 0.5) is 10.6 Å². The average Bonchev–Trinajstić information content (AvgIpc) is 3.34. The van der Waals surface area contributed by atoms with Crippen LogP contribution in [0.25, 0.3) is 11.1 Å². The summed E-state index contributed by atoms with van der Waals surface area (Å²) in [4.78, 5) is 35.2. The van der Waals surface area contributed by atoms with Gasteiger partial charge in [0, 0.05) is 18.0 Å². The Morgan fingerprint density at radius 3 is 2.34 bits per heavy atom. The van der Waals surface area contributed by atoms with Crippen molar-refractivity contribution in [1.29, 1.82) is 0 Å². The quantitative estimate of drug-likeness (QED) is 0.451. The van der Waals surface area contributed by atoms with Gasteiger partial charge in [0.1, 0.15) is 12.3 Å². The van der Waals surface area contributed by atoms with Gasteiger partial charge in [-0.25, -0.2) is 4.79 Å². The fraction of sp³-hybridized carbons (Fsp3) is 0.217. The summed E-state index contributed by atoms with van der Waals surface area (Å²) >= 11 is 0. The molecule has 0 bridgehead atoms. The molecule has 0 fully saturated rings. The molecule has 4 rings (SSSR count). The molecule has 2 aromatic carbocycles. The standard InChI is InChI=1S/C23H22N4O5/c1-13(10-21(28)29)24-22(30)19-11-20(27-26-19)25-23(31)32-12-18-16-8-4-2-6-14(16)15-7-3-5-9-17(15)18/h2-9,11,13,18H,10,12H2,1H3,(H,24,30)(H,28,29)(H2,25,26,27,31)/t13-/m0/s1. The van der Waals surface area contributed by atoms with E-state index in [2.05, 4.69) is 33.0 Å². The normalized spacial score (nSPS) is 13.0. The molecule has 1 aromatic heterocycles. The molecule has 164 valence electrons. The molecule has 0 unspecified atom stereocenters. The first-order valence-corrected chi connectivity index (χ1v) is 10.1. The van der Waals surface area contributed by atoms with Crippen LogP contribution in [0.3, 0.4) is 0 Å². The zero-order valence-corrected chi connectivity index (χ0v) is 17.3. The number of carboxylic acid groups (broad SMARTS) is 1. The van der Waals surface area contributed by atoms with E-state index < -0.39 is 24.0 Å². The summed E-state index contributed by atoms with van der Waals surface area (Å²) in [6.45, 7) is 1.74. The van der Waals surface area contributed by atoms with Crippen LogP contribution in [0.2, 0.25) is 0 Å². The van der Waals surface area contributed by atoms with E-state index in [4.69, 9.17) is 9.84 Å². The van der Waals surface area contributed by atoms with Crippen LogP contribution in [-0.2, 0) is 9.53 Å². The highest BCUT2D eigenvalue weighted by Crippen LogP contribution is 2.44. The SMILES string of the molecule is C[C@@H](CC(=O)O)NC(=O)c1cc(NC(=O)OCC2c3ccccc3-c3ccccc32)n[nH]1. The third-order valence-electron chi connectivity index (χ3n) is 5.25. The van der Waals surface area contributed by atoms with E-state index in [1.54, 1.807) is 6.92 Å². The Balaban J connectivity index is 1.35. The highest BCUT2D eigenvalue weighted by molar-refractivity contribution is 5.94. The second-order valence-electron chi connectivity index (χ2n) is 7.59. The molecule has 9 nitrogen and oxygen atoms in total. The average molecular weight is 434 g/mol.